The van der Waals surface area contributed by atoms with Crippen molar-refractivity contribution in [3.63, 3.8) is 0 Å². The predicted molar refractivity (Wildman–Crippen MR) is 67.9 cm³/mol. The Labute approximate surface area is 107 Å². The van der Waals surface area contributed by atoms with Crippen LogP contribution in [0.4, 0.5) is 0 Å². The maximum Gasteiger partial charge on any atom is 0.162 e. The van der Waals surface area contributed by atoms with E-state index in [2.05, 4.69) is 0 Å². The molecular formula is C14H19NO3. The molecule has 2 fully saturated rings. The van der Waals surface area contributed by atoms with Crippen molar-refractivity contribution in [2.24, 2.45) is 5.73 Å². The fourth-order valence-electron chi connectivity index (χ4n) is 2.29. The molecular weight excluding hydrogens is 230 g/mol. The standard InChI is InChI=1S/C14H19NO3/c1-16-12-3-2-10(14(15)5-6-14)8-13(12)18-11-4-7-17-9-11/h2-3,8,11H,4-7,9,15H2,1H3. The zero-order chi connectivity index (χ0) is 12.6. The van der Waals surface area contributed by atoms with E-state index < -0.39 is 0 Å². The largest absolute Gasteiger partial charge is 0.493 e. The Balaban J connectivity index is 1.84. The molecule has 0 aromatic heterocycles. The molecule has 0 amide bonds. The molecule has 98 valence electrons. The predicted octanol–water partition coefficient (Wildman–Crippen LogP) is 1.81. The first kappa shape index (κ1) is 11.8. The van der Waals surface area contributed by atoms with E-state index in [1.807, 2.05) is 18.2 Å². The fourth-order valence-corrected chi connectivity index (χ4v) is 2.29. The van der Waals surface area contributed by atoms with Crippen LogP contribution in [-0.4, -0.2) is 26.4 Å². The summed E-state index contributed by atoms with van der Waals surface area (Å²) in [6, 6.07) is 5.99. The molecule has 1 heterocycles. The summed E-state index contributed by atoms with van der Waals surface area (Å²) >= 11 is 0. The van der Waals surface area contributed by atoms with E-state index >= 15 is 0 Å². The Kier molecular flexibility index (Phi) is 2.92. The third-order valence-corrected chi connectivity index (χ3v) is 3.71. The van der Waals surface area contributed by atoms with Gasteiger partial charge in [0.2, 0.25) is 0 Å². The van der Waals surface area contributed by atoms with Crippen molar-refractivity contribution >= 4 is 0 Å². The zero-order valence-electron chi connectivity index (χ0n) is 10.6. The van der Waals surface area contributed by atoms with E-state index in [4.69, 9.17) is 19.9 Å². The highest BCUT2D eigenvalue weighted by Crippen LogP contribution is 2.45. The number of hydrogen-bond donors (Lipinski definition) is 1. The SMILES string of the molecule is COc1ccc(C2(N)CC2)cc1OC1CCOC1. The number of benzene rings is 1. The Morgan fingerprint density at radius 3 is 2.78 bits per heavy atom. The van der Waals surface area contributed by atoms with Gasteiger partial charge in [-0.1, -0.05) is 6.07 Å². The van der Waals surface area contributed by atoms with Crippen LogP contribution in [-0.2, 0) is 10.3 Å². The van der Waals surface area contributed by atoms with Crippen LogP contribution in [0.1, 0.15) is 24.8 Å². The van der Waals surface area contributed by atoms with Crippen LogP contribution < -0.4 is 15.2 Å². The zero-order valence-corrected chi connectivity index (χ0v) is 10.6. The lowest BCUT2D eigenvalue weighted by Gasteiger charge is -2.17. The summed E-state index contributed by atoms with van der Waals surface area (Å²) in [6.07, 6.45) is 3.15. The second-order valence-electron chi connectivity index (χ2n) is 5.13. The maximum absolute atomic E-state index is 6.22. The Morgan fingerprint density at radius 2 is 2.17 bits per heavy atom. The van der Waals surface area contributed by atoms with Crippen molar-refractivity contribution in [3.8, 4) is 11.5 Å². The number of methoxy groups -OCH3 is 1. The molecule has 3 rings (SSSR count). The average Bonchev–Trinajstić information content (AvgIpc) is 2.92. The molecule has 1 aromatic rings. The number of hydrogen-bond acceptors (Lipinski definition) is 4. The summed E-state index contributed by atoms with van der Waals surface area (Å²) in [7, 11) is 1.66. The molecule has 4 nitrogen and oxygen atoms in total. The van der Waals surface area contributed by atoms with Crippen LogP contribution in [0.2, 0.25) is 0 Å². The van der Waals surface area contributed by atoms with Crippen molar-refractivity contribution in [1.29, 1.82) is 0 Å². The van der Waals surface area contributed by atoms with Crippen LogP contribution in [0, 0.1) is 0 Å². The van der Waals surface area contributed by atoms with Gasteiger partial charge in [0.05, 0.1) is 20.3 Å². The van der Waals surface area contributed by atoms with Crippen LogP contribution in [0.15, 0.2) is 18.2 Å². The highest BCUT2D eigenvalue weighted by atomic mass is 16.6. The van der Waals surface area contributed by atoms with Crippen LogP contribution in [0.3, 0.4) is 0 Å². The quantitative estimate of drug-likeness (QED) is 0.884. The summed E-state index contributed by atoms with van der Waals surface area (Å²) in [5.74, 6) is 1.54. The van der Waals surface area contributed by atoms with E-state index in [-0.39, 0.29) is 11.6 Å². The molecule has 1 aromatic carbocycles. The highest BCUT2D eigenvalue weighted by Gasteiger charge is 2.40. The van der Waals surface area contributed by atoms with E-state index in [0.717, 1.165) is 42.9 Å². The Bertz CT molecular complexity index is 437. The molecule has 1 saturated carbocycles. The summed E-state index contributed by atoms with van der Waals surface area (Å²) < 4.78 is 16.6. The van der Waals surface area contributed by atoms with Gasteiger partial charge in [0, 0.05) is 12.0 Å². The lowest BCUT2D eigenvalue weighted by molar-refractivity contribution is 0.138. The van der Waals surface area contributed by atoms with E-state index in [1.165, 1.54) is 0 Å². The molecule has 1 saturated heterocycles. The summed E-state index contributed by atoms with van der Waals surface area (Å²) in [5, 5.41) is 0. The Hall–Kier alpha value is -1.26. The van der Waals surface area contributed by atoms with Crippen LogP contribution >= 0.6 is 0 Å². The molecule has 2 N–H and O–H groups in total. The second kappa shape index (κ2) is 4.44. The number of ether oxygens (including phenoxy) is 3. The van der Waals surface area contributed by atoms with Gasteiger partial charge in [-0.05, 0) is 30.5 Å². The van der Waals surface area contributed by atoms with E-state index in [0.29, 0.717) is 6.61 Å². The monoisotopic (exact) mass is 249 g/mol. The first-order valence-corrected chi connectivity index (χ1v) is 6.43. The normalized spacial score (nSPS) is 24.9. The topological polar surface area (TPSA) is 53.7 Å². The van der Waals surface area contributed by atoms with Gasteiger partial charge < -0.3 is 19.9 Å². The minimum atomic E-state index is -0.142. The summed E-state index contributed by atoms with van der Waals surface area (Å²) in [6.45, 7) is 1.43. The fraction of sp³-hybridized carbons (Fsp3) is 0.571. The lowest BCUT2D eigenvalue weighted by Crippen LogP contribution is -2.20. The van der Waals surface area contributed by atoms with Gasteiger partial charge in [-0.2, -0.15) is 0 Å². The molecule has 1 unspecified atom stereocenters. The van der Waals surface area contributed by atoms with E-state index in [1.54, 1.807) is 7.11 Å². The van der Waals surface area contributed by atoms with E-state index in [9.17, 15) is 0 Å². The van der Waals surface area contributed by atoms with Gasteiger partial charge in [0.25, 0.3) is 0 Å². The van der Waals surface area contributed by atoms with Gasteiger partial charge in [0.15, 0.2) is 11.5 Å². The number of nitrogens with two attached hydrogens (primary N) is 1. The van der Waals surface area contributed by atoms with Gasteiger partial charge in [-0.3, -0.25) is 0 Å². The van der Waals surface area contributed by atoms with Crippen LogP contribution in [0.25, 0.3) is 0 Å². The summed E-state index contributed by atoms with van der Waals surface area (Å²) in [4.78, 5) is 0. The van der Waals surface area contributed by atoms with Gasteiger partial charge >= 0.3 is 0 Å². The van der Waals surface area contributed by atoms with Gasteiger partial charge in [-0.25, -0.2) is 0 Å². The molecule has 1 aliphatic heterocycles. The van der Waals surface area contributed by atoms with Crippen molar-refractivity contribution in [2.75, 3.05) is 20.3 Å². The third-order valence-electron chi connectivity index (χ3n) is 3.71. The molecule has 1 atom stereocenters. The average molecular weight is 249 g/mol. The Morgan fingerprint density at radius 1 is 1.33 bits per heavy atom. The maximum atomic E-state index is 6.22. The van der Waals surface area contributed by atoms with Crippen molar-refractivity contribution in [2.45, 2.75) is 30.9 Å². The van der Waals surface area contributed by atoms with Gasteiger partial charge in [-0.15, -0.1) is 0 Å². The minimum absolute atomic E-state index is 0.127. The highest BCUT2D eigenvalue weighted by molar-refractivity contribution is 5.46. The van der Waals surface area contributed by atoms with Crippen LogP contribution in [0.5, 0.6) is 11.5 Å². The smallest absolute Gasteiger partial charge is 0.162 e. The molecule has 4 heteroatoms. The molecule has 18 heavy (non-hydrogen) atoms. The summed E-state index contributed by atoms with van der Waals surface area (Å²) in [5.41, 5.74) is 7.21. The lowest BCUT2D eigenvalue weighted by atomic mass is 10.1. The van der Waals surface area contributed by atoms with Gasteiger partial charge in [0.1, 0.15) is 6.10 Å². The van der Waals surface area contributed by atoms with Crippen molar-refractivity contribution in [3.05, 3.63) is 23.8 Å². The molecule has 0 bridgehead atoms. The number of rotatable bonds is 4. The first-order chi connectivity index (χ1) is 8.71. The molecule has 0 spiro atoms. The minimum Gasteiger partial charge on any atom is -0.493 e. The molecule has 1 aliphatic carbocycles. The first-order valence-electron chi connectivity index (χ1n) is 6.43. The molecule has 0 radical (unpaired) electrons. The second-order valence-corrected chi connectivity index (χ2v) is 5.13. The molecule has 2 aliphatic rings. The van der Waals surface area contributed by atoms with Crippen molar-refractivity contribution in [1.82, 2.24) is 0 Å². The van der Waals surface area contributed by atoms with Crippen molar-refractivity contribution < 1.29 is 14.2 Å². The third kappa shape index (κ3) is 2.18.